The second kappa shape index (κ2) is 10.7. The molecule has 3 heterocycles. The van der Waals surface area contributed by atoms with Gasteiger partial charge in [-0.25, -0.2) is 0 Å². The van der Waals surface area contributed by atoms with Crippen LogP contribution < -0.4 is 5.32 Å². The van der Waals surface area contributed by atoms with Gasteiger partial charge in [-0.2, -0.15) is 5.10 Å². The standard InChI is InChI=1S/C28H38N6O3/c1-3-13-33-26(36)24-18-23(30-34(24)20-28(33,2)27(37)29-22-11-7-8-12-22)25(35)32-16-14-31(15-17-32)19-21-9-5-4-6-10-21/h4-6,9-10,18,22H,3,7-8,11-17,19-20H2,1-2H3,(H,29,37). The number of amides is 3. The van der Waals surface area contributed by atoms with Gasteiger partial charge in [-0.15, -0.1) is 0 Å². The van der Waals surface area contributed by atoms with E-state index in [-0.39, 0.29) is 36.0 Å². The molecule has 3 aliphatic rings. The van der Waals surface area contributed by atoms with Crippen molar-refractivity contribution in [3.63, 3.8) is 0 Å². The van der Waals surface area contributed by atoms with Crippen LogP contribution >= 0.6 is 0 Å². The highest BCUT2D eigenvalue weighted by atomic mass is 16.2. The third-order valence-electron chi connectivity index (χ3n) is 8.05. The predicted molar refractivity (Wildman–Crippen MR) is 140 cm³/mol. The number of rotatable bonds is 7. The zero-order valence-corrected chi connectivity index (χ0v) is 22.0. The first-order valence-electron chi connectivity index (χ1n) is 13.7. The fourth-order valence-corrected chi connectivity index (χ4v) is 5.84. The highest BCUT2D eigenvalue weighted by Gasteiger charge is 2.48. The Morgan fingerprint density at radius 3 is 2.46 bits per heavy atom. The minimum atomic E-state index is -1.04. The zero-order chi connectivity index (χ0) is 26.0. The van der Waals surface area contributed by atoms with Crippen LogP contribution in [-0.4, -0.2) is 86.5 Å². The van der Waals surface area contributed by atoms with Gasteiger partial charge in [0.05, 0.1) is 6.54 Å². The van der Waals surface area contributed by atoms with Gasteiger partial charge in [0.2, 0.25) is 5.91 Å². The Balaban J connectivity index is 1.28. The number of piperazine rings is 1. The van der Waals surface area contributed by atoms with Crippen LogP contribution in [0.1, 0.15) is 72.5 Å². The molecule has 198 valence electrons. The Labute approximate surface area is 218 Å². The largest absolute Gasteiger partial charge is 0.351 e. The summed E-state index contributed by atoms with van der Waals surface area (Å²) in [5.74, 6) is -0.533. The van der Waals surface area contributed by atoms with E-state index in [4.69, 9.17) is 0 Å². The van der Waals surface area contributed by atoms with Gasteiger partial charge in [-0.1, -0.05) is 50.1 Å². The number of benzene rings is 1. The Morgan fingerprint density at radius 2 is 1.78 bits per heavy atom. The molecule has 1 unspecified atom stereocenters. The topological polar surface area (TPSA) is 90.8 Å². The van der Waals surface area contributed by atoms with Gasteiger partial charge in [0, 0.05) is 51.4 Å². The van der Waals surface area contributed by atoms with Crippen LogP contribution in [0.5, 0.6) is 0 Å². The Kier molecular flexibility index (Phi) is 7.33. The molecule has 37 heavy (non-hydrogen) atoms. The fourth-order valence-electron chi connectivity index (χ4n) is 5.84. The Morgan fingerprint density at radius 1 is 1.08 bits per heavy atom. The van der Waals surface area contributed by atoms with E-state index in [1.54, 1.807) is 15.6 Å². The predicted octanol–water partition coefficient (Wildman–Crippen LogP) is 2.52. The third-order valence-corrected chi connectivity index (χ3v) is 8.05. The van der Waals surface area contributed by atoms with E-state index in [9.17, 15) is 14.4 Å². The lowest BCUT2D eigenvalue weighted by Gasteiger charge is -2.43. The van der Waals surface area contributed by atoms with Crippen LogP contribution in [0.2, 0.25) is 0 Å². The number of aromatic nitrogens is 2. The fraction of sp³-hybridized carbons (Fsp3) is 0.571. The molecule has 1 aromatic carbocycles. The monoisotopic (exact) mass is 506 g/mol. The number of carbonyl (C=O) groups is 3. The van der Waals surface area contributed by atoms with Gasteiger partial charge in [0.25, 0.3) is 11.8 Å². The molecular weight excluding hydrogens is 468 g/mol. The molecule has 0 radical (unpaired) electrons. The molecule has 0 bridgehead atoms. The highest BCUT2D eigenvalue weighted by molar-refractivity contribution is 6.02. The molecular formula is C28H38N6O3. The number of nitrogens with zero attached hydrogens (tertiary/aromatic N) is 5. The summed E-state index contributed by atoms with van der Waals surface area (Å²) in [6.07, 6.45) is 4.94. The average Bonchev–Trinajstić information content (AvgIpc) is 3.57. The van der Waals surface area contributed by atoms with E-state index >= 15 is 0 Å². The summed E-state index contributed by atoms with van der Waals surface area (Å²) < 4.78 is 1.57. The summed E-state index contributed by atoms with van der Waals surface area (Å²) in [7, 11) is 0. The van der Waals surface area contributed by atoms with Crippen molar-refractivity contribution in [2.24, 2.45) is 0 Å². The van der Waals surface area contributed by atoms with Crippen LogP contribution in [0.25, 0.3) is 0 Å². The minimum Gasteiger partial charge on any atom is -0.351 e. The molecule has 1 aromatic heterocycles. The maximum atomic E-state index is 13.5. The number of carbonyl (C=O) groups excluding carboxylic acids is 3. The molecule has 1 aliphatic carbocycles. The van der Waals surface area contributed by atoms with E-state index < -0.39 is 5.54 Å². The summed E-state index contributed by atoms with van der Waals surface area (Å²) in [5.41, 5.74) is 0.875. The van der Waals surface area contributed by atoms with Crippen molar-refractivity contribution in [2.75, 3.05) is 32.7 Å². The van der Waals surface area contributed by atoms with E-state index in [0.29, 0.717) is 25.3 Å². The second-order valence-corrected chi connectivity index (χ2v) is 10.8. The van der Waals surface area contributed by atoms with Crippen LogP contribution in [0.3, 0.4) is 0 Å². The lowest BCUT2D eigenvalue weighted by molar-refractivity contribution is -0.133. The Bertz CT molecular complexity index is 1130. The molecule has 1 atom stereocenters. The first-order valence-corrected chi connectivity index (χ1v) is 13.7. The zero-order valence-electron chi connectivity index (χ0n) is 22.0. The molecule has 9 nitrogen and oxygen atoms in total. The smallest absolute Gasteiger partial charge is 0.274 e. The lowest BCUT2D eigenvalue weighted by atomic mass is 9.94. The van der Waals surface area contributed by atoms with Crippen molar-refractivity contribution >= 4 is 17.7 Å². The van der Waals surface area contributed by atoms with Gasteiger partial charge in [0.1, 0.15) is 11.2 Å². The number of nitrogens with one attached hydrogen (secondary N) is 1. The first kappa shape index (κ1) is 25.4. The molecule has 1 N–H and O–H groups in total. The molecule has 0 spiro atoms. The van der Waals surface area contributed by atoms with Crippen molar-refractivity contribution in [1.82, 2.24) is 29.8 Å². The summed E-state index contributed by atoms with van der Waals surface area (Å²) in [4.78, 5) is 46.2. The molecule has 2 aliphatic heterocycles. The van der Waals surface area contributed by atoms with E-state index in [1.165, 1.54) is 5.56 Å². The SMILES string of the molecule is CCCN1C(=O)c2cc(C(=O)N3CCN(Cc4ccccc4)CC3)nn2CC1(C)C(=O)NC1CCCC1. The van der Waals surface area contributed by atoms with Crippen molar-refractivity contribution in [3.8, 4) is 0 Å². The van der Waals surface area contributed by atoms with Crippen molar-refractivity contribution in [3.05, 3.63) is 53.3 Å². The molecule has 1 saturated heterocycles. The normalized spacial score (nSPS) is 22.8. The van der Waals surface area contributed by atoms with Crippen LogP contribution in [0.4, 0.5) is 0 Å². The Hall–Kier alpha value is -3.20. The molecule has 2 aromatic rings. The van der Waals surface area contributed by atoms with Crippen molar-refractivity contribution in [2.45, 2.75) is 70.6 Å². The molecule has 1 saturated carbocycles. The van der Waals surface area contributed by atoms with Gasteiger partial charge in [0.15, 0.2) is 5.69 Å². The third kappa shape index (κ3) is 5.14. The van der Waals surface area contributed by atoms with E-state index in [1.807, 2.05) is 36.9 Å². The van der Waals surface area contributed by atoms with Gasteiger partial charge in [-0.3, -0.25) is 24.0 Å². The second-order valence-electron chi connectivity index (χ2n) is 10.8. The van der Waals surface area contributed by atoms with E-state index in [0.717, 1.165) is 51.7 Å². The summed E-state index contributed by atoms with van der Waals surface area (Å²) >= 11 is 0. The maximum Gasteiger partial charge on any atom is 0.274 e. The van der Waals surface area contributed by atoms with Crippen molar-refractivity contribution in [1.29, 1.82) is 0 Å². The van der Waals surface area contributed by atoms with Crippen LogP contribution in [0.15, 0.2) is 36.4 Å². The first-order chi connectivity index (χ1) is 17.9. The molecule has 9 heteroatoms. The quantitative estimate of drug-likeness (QED) is 0.623. The minimum absolute atomic E-state index is 0.134. The van der Waals surface area contributed by atoms with E-state index in [2.05, 4.69) is 27.4 Å². The van der Waals surface area contributed by atoms with Crippen LogP contribution in [0, 0.1) is 0 Å². The van der Waals surface area contributed by atoms with Gasteiger partial charge < -0.3 is 15.1 Å². The summed E-state index contributed by atoms with van der Waals surface area (Å²) in [5, 5.41) is 7.73. The lowest BCUT2D eigenvalue weighted by Crippen LogP contribution is -2.65. The molecule has 2 fully saturated rings. The maximum absolute atomic E-state index is 13.5. The van der Waals surface area contributed by atoms with Crippen molar-refractivity contribution < 1.29 is 14.4 Å². The summed E-state index contributed by atoms with van der Waals surface area (Å²) in [6, 6.07) is 12.1. The summed E-state index contributed by atoms with van der Waals surface area (Å²) in [6.45, 7) is 8.22. The van der Waals surface area contributed by atoms with Gasteiger partial charge >= 0.3 is 0 Å². The molecule has 3 amide bonds. The van der Waals surface area contributed by atoms with Crippen LogP contribution in [-0.2, 0) is 17.9 Å². The number of hydrogen-bond donors (Lipinski definition) is 1. The van der Waals surface area contributed by atoms with Gasteiger partial charge in [-0.05, 0) is 31.7 Å². The number of hydrogen-bond acceptors (Lipinski definition) is 5. The highest BCUT2D eigenvalue weighted by Crippen LogP contribution is 2.29. The average molecular weight is 507 g/mol. The molecule has 5 rings (SSSR count). The number of fused-ring (bicyclic) bond motifs is 1.